The zero-order valence-corrected chi connectivity index (χ0v) is 11.7. The van der Waals surface area contributed by atoms with E-state index in [1.165, 1.54) is 30.4 Å². The van der Waals surface area contributed by atoms with Crippen LogP contribution in [-0.2, 0) is 16.1 Å². The molecule has 1 saturated carbocycles. The fraction of sp³-hybridized carbons (Fsp3) is 0.625. The van der Waals surface area contributed by atoms with Crippen molar-refractivity contribution >= 4 is 0 Å². The zero-order chi connectivity index (χ0) is 13.1. The summed E-state index contributed by atoms with van der Waals surface area (Å²) in [6.45, 7) is 3.50. The largest absolute Gasteiger partial charge is 0.385 e. The maximum Gasteiger partial charge on any atom is 0.0721 e. The molecule has 3 nitrogen and oxygen atoms in total. The second kappa shape index (κ2) is 5.61. The van der Waals surface area contributed by atoms with Gasteiger partial charge < -0.3 is 14.8 Å². The predicted octanol–water partition coefficient (Wildman–Crippen LogP) is 2.66. The highest BCUT2D eigenvalue weighted by Gasteiger charge is 2.42. The van der Waals surface area contributed by atoms with Crippen LogP contribution in [0.2, 0.25) is 0 Å². The van der Waals surface area contributed by atoms with E-state index in [1.54, 1.807) is 7.11 Å². The number of hydrogen-bond donors (Lipinski definition) is 1. The predicted molar refractivity (Wildman–Crippen MR) is 75.0 cm³/mol. The van der Waals surface area contributed by atoms with Crippen molar-refractivity contribution in [2.24, 2.45) is 5.41 Å². The summed E-state index contributed by atoms with van der Waals surface area (Å²) >= 11 is 0. The highest BCUT2D eigenvalue weighted by molar-refractivity contribution is 5.31. The summed E-state index contributed by atoms with van der Waals surface area (Å²) in [5.74, 6) is 0. The summed E-state index contributed by atoms with van der Waals surface area (Å²) in [5.41, 5.74) is 3.23. The van der Waals surface area contributed by atoms with Gasteiger partial charge in [0.1, 0.15) is 0 Å². The van der Waals surface area contributed by atoms with Crippen LogP contribution in [-0.4, -0.2) is 26.9 Å². The summed E-state index contributed by atoms with van der Waals surface area (Å²) < 4.78 is 10.9. The quantitative estimate of drug-likeness (QED) is 0.854. The first-order valence-electron chi connectivity index (χ1n) is 7.21. The molecule has 19 heavy (non-hydrogen) atoms. The molecule has 0 saturated heterocycles. The van der Waals surface area contributed by atoms with Gasteiger partial charge in [0.15, 0.2) is 0 Å². The molecule has 1 aliphatic carbocycles. The van der Waals surface area contributed by atoms with Crippen LogP contribution < -0.4 is 5.32 Å². The lowest BCUT2D eigenvalue weighted by atomic mass is 9.97. The van der Waals surface area contributed by atoms with Gasteiger partial charge in [-0.3, -0.25) is 0 Å². The van der Waals surface area contributed by atoms with Gasteiger partial charge in [-0.1, -0.05) is 24.3 Å². The first kappa shape index (κ1) is 13.1. The number of nitrogens with one attached hydrogen (secondary N) is 1. The van der Waals surface area contributed by atoms with Gasteiger partial charge in [0.25, 0.3) is 0 Å². The third kappa shape index (κ3) is 2.99. The van der Waals surface area contributed by atoms with Crippen LogP contribution in [0, 0.1) is 5.41 Å². The maximum absolute atomic E-state index is 5.69. The Morgan fingerprint density at radius 2 is 2.21 bits per heavy atom. The van der Waals surface area contributed by atoms with Crippen molar-refractivity contribution in [3.63, 3.8) is 0 Å². The van der Waals surface area contributed by atoms with Gasteiger partial charge in [-0.2, -0.15) is 0 Å². The molecule has 3 heteroatoms. The second-order valence-electron chi connectivity index (χ2n) is 5.89. The third-order valence-electron chi connectivity index (χ3n) is 4.49. The van der Waals surface area contributed by atoms with Crippen LogP contribution in [0.25, 0.3) is 0 Å². The maximum atomic E-state index is 5.69. The molecule has 1 N–H and O–H groups in total. The number of hydrogen-bond acceptors (Lipinski definition) is 3. The second-order valence-corrected chi connectivity index (χ2v) is 5.89. The van der Waals surface area contributed by atoms with Crippen molar-refractivity contribution < 1.29 is 9.47 Å². The van der Waals surface area contributed by atoms with E-state index in [0.29, 0.717) is 11.5 Å². The molecule has 1 aromatic carbocycles. The van der Waals surface area contributed by atoms with Crippen LogP contribution in [0.1, 0.15) is 36.4 Å². The molecule has 1 heterocycles. The van der Waals surface area contributed by atoms with Gasteiger partial charge in [-0.15, -0.1) is 0 Å². The summed E-state index contributed by atoms with van der Waals surface area (Å²) in [4.78, 5) is 0. The monoisotopic (exact) mass is 261 g/mol. The van der Waals surface area contributed by atoms with E-state index < -0.39 is 0 Å². The zero-order valence-electron chi connectivity index (χ0n) is 11.7. The van der Waals surface area contributed by atoms with Gasteiger partial charge in [0.05, 0.1) is 19.3 Å². The van der Waals surface area contributed by atoms with Gasteiger partial charge in [0.2, 0.25) is 0 Å². The molecule has 0 amide bonds. The van der Waals surface area contributed by atoms with Gasteiger partial charge in [0, 0.05) is 20.3 Å². The molecule has 1 atom stereocenters. The number of rotatable bonds is 6. The minimum atomic E-state index is 0.352. The highest BCUT2D eigenvalue weighted by atomic mass is 16.5. The Morgan fingerprint density at radius 3 is 3.00 bits per heavy atom. The average Bonchev–Trinajstić information content (AvgIpc) is 3.23. The van der Waals surface area contributed by atoms with Crippen LogP contribution >= 0.6 is 0 Å². The van der Waals surface area contributed by atoms with E-state index in [2.05, 4.69) is 29.6 Å². The number of ether oxygens (including phenoxy) is 2. The molecule has 0 radical (unpaired) electrons. The molecule has 1 aromatic rings. The smallest absolute Gasteiger partial charge is 0.0721 e. The Hall–Kier alpha value is -0.900. The lowest BCUT2D eigenvalue weighted by molar-refractivity contribution is 0.0793. The third-order valence-corrected chi connectivity index (χ3v) is 4.49. The first-order chi connectivity index (χ1) is 9.33. The Balaban J connectivity index is 1.59. The summed E-state index contributed by atoms with van der Waals surface area (Å²) in [5, 5.41) is 3.71. The molecule has 104 valence electrons. The van der Waals surface area contributed by atoms with Gasteiger partial charge in [-0.25, -0.2) is 0 Å². The fourth-order valence-electron chi connectivity index (χ4n) is 2.90. The molecular weight excluding hydrogens is 238 g/mol. The topological polar surface area (TPSA) is 30.5 Å². The summed E-state index contributed by atoms with van der Waals surface area (Å²) in [6.07, 6.45) is 3.84. The molecule has 0 bridgehead atoms. The van der Waals surface area contributed by atoms with Crippen molar-refractivity contribution in [3.05, 3.63) is 35.4 Å². The Bertz CT molecular complexity index is 429. The van der Waals surface area contributed by atoms with Crippen molar-refractivity contribution in [2.75, 3.05) is 26.9 Å². The highest BCUT2D eigenvalue weighted by Crippen LogP contribution is 2.48. The first-order valence-corrected chi connectivity index (χ1v) is 7.21. The normalized spacial score (nSPS) is 23.9. The number of benzene rings is 1. The molecule has 0 aromatic heterocycles. The van der Waals surface area contributed by atoms with Gasteiger partial charge >= 0.3 is 0 Å². The van der Waals surface area contributed by atoms with Crippen LogP contribution in [0.15, 0.2) is 24.3 Å². The average molecular weight is 261 g/mol. The lowest BCUT2D eigenvalue weighted by Gasteiger charge is -2.28. The number of methoxy groups -OCH3 is 1. The fourth-order valence-corrected chi connectivity index (χ4v) is 2.90. The van der Waals surface area contributed by atoms with Gasteiger partial charge in [-0.05, 0) is 35.8 Å². The van der Waals surface area contributed by atoms with Crippen molar-refractivity contribution in [1.82, 2.24) is 5.32 Å². The molecule has 1 unspecified atom stereocenters. The van der Waals surface area contributed by atoms with E-state index in [4.69, 9.17) is 9.47 Å². The molecule has 1 aliphatic heterocycles. The lowest BCUT2D eigenvalue weighted by Crippen LogP contribution is -2.34. The van der Waals surface area contributed by atoms with E-state index in [1.807, 2.05) is 0 Å². The molecule has 1 fully saturated rings. The van der Waals surface area contributed by atoms with Crippen LogP contribution in [0.3, 0.4) is 0 Å². The molecular formula is C16H23NO2. The van der Waals surface area contributed by atoms with Crippen molar-refractivity contribution in [3.8, 4) is 0 Å². The minimum Gasteiger partial charge on any atom is -0.385 e. The Labute approximate surface area is 115 Å². The standard InChI is InChI=1S/C16H23NO2/c1-18-9-8-16(6-7-16)12-17-15-11-19-10-13-4-2-3-5-14(13)15/h2-5,15,17H,6-12H2,1H3. The molecule has 0 spiro atoms. The summed E-state index contributed by atoms with van der Waals surface area (Å²) in [6, 6.07) is 8.96. The van der Waals surface area contributed by atoms with Crippen LogP contribution in [0.5, 0.6) is 0 Å². The van der Waals surface area contributed by atoms with Crippen LogP contribution in [0.4, 0.5) is 0 Å². The number of fused-ring (bicyclic) bond motifs is 1. The minimum absolute atomic E-state index is 0.352. The molecule has 3 rings (SSSR count). The Morgan fingerprint density at radius 1 is 1.37 bits per heavy atom. The summed E-state index contributed by atoms with van der Waals surface area (Å²) in [7, 11) is 1.79. The van der Waals surface area contributed by atoms with E-state index >= 15 is 0 Å². The van der Waals surface area contributed by atoms with Crippen molar-refractivity contribution in [2.45, 2.75) is 31.9 Å². The molecule has 2 aliphatic rings. The van der Waals surface area contributed by atoms with E-state index in [9.17, 15) is 0 Å². The van der Waals surface area contributed by atoms with E-state index in [-0.39, 0.29) is 0 Å². The van der Waals surface area contributed by atoms with Crippen molar-refractivity contribution in [1.29, 1.82) is 0 Å². The Kier molecular flexibility index (Phi) is 3.87. The van der Waals surface area contributed by atoms with E-state index in [0.717, 1.165) is 26.4 Å². The SMILES string of the molecule is COCCC1(CNC2COCc3ccccc32)CC1.